The maximum absolute atomic E-state index is 13.4. The van der Waals surface area contributed by atoms with Crippen LogP contribution in [0.3, 0.4) is 0 Å². The van der Waals surface area contributed by atoms with Crippen molar-refractivity contribution in [2.75, 3.05) is 18.7 Å². The van der Waals surface area contributed by atoms with Gasteiger partial charge in [0.2, 0.25) is 5.91 Å². The van der Waals surface area contributed by atoms with Gasteiger partial charge in [-0.1, -0.05) is 54.1 Å². The van der Waals surface area contributed by atoms with Crippen LogP contribution >= 0.6 is 23.4 Å². The second kappa shape index (κ2) is 15.1. The van der Waals surface area contributed by atoms with E-state index < -0.39 is 12.1 Å². The highest BCUT2D eigenvalue weighted by molar-refractivity contribution is 7.97. The molecule has 0 aliphatic heterocycles. The number of hydrogen-bond donors (Lipinski definition) is 2. The van der Waals surface area contributed by atoms with Gasteiger partial charge in [-0.15, -0.1) is 5.10 Å². The average molecular weight is 641 g/mol. The first-order chi connectivity index (χ1) is 21.9. The molecule has 2 N–H and O–H groups in total. The van der Waals surface area contributed by atoms with E-state index >= 15 is 0 Å². The highest BCUT2D eigenvalue weighted by atomic mass is 35.5. The monoisotopic (exact) mass is 640 g/mol. The highest BCUT2D eigenvalue weighted by Crippen LogP contribution is 2.29. The summed E-state index contributed by atoms with van der Waals surface area (Å²) in [7, 11) is 1.31. The molecule has 2 aromatic heterocycles. The zero-order chi connectivity index (χ0) is 31.6. The summed E-state index contributed by atoms with van der Waals surface area (Å²) in [5.74, 6) is 0.320. The third-order valence-corrected chi connectivity index (χ3v) is 7.55. The molecule has 3 aromatic carbocycles. The normalized spacial score (nSPS) is 11.7. The van der Waals surface area contributed by atoms with Gasteiger partial charge in [-0.2, -0.15) is 26.6 Å². The molecular weight excluding hydrogens is 612 g/mol. The van der Waals surface area contributed by atoms with Gasteiger partial charge in [0.15, 0.2) is 0 Å². The van der Waals surface area contributed by atoms with Crippen LogP contribution in [0.25, 0.3) is 22.9 Å². The number of benzene rings is 3. The molecule has 5 rings (SSSR count). The maximum atomic E-state index is 13.4. The molecule has 0 radical (unpaired) electrons. The van der Waals surface area contributed by atoms with Crippen molar-refractivity contribution in [2.45, 2.75) is 18.2 Å². The standard InChI is InChI=1S/C32H29ClN8O3S/c1-44-32(43)35-25-12-8-22(9-13-25)26-18-28(37-38-29(26)19-45-2)27(16-21-6-4-3-5-7-21)36-31(42)15-10-23-17-24(33)11-14-30(23)41-20-34-39-40-41/h3-15,17-18,20,27H,16,19H2,1-2H3,(H,35,43)(H,36,42)/b15-10+/t27-/m0/s1. The SMILES string of the molecule is COC(=O)Nc1ccc(-c2cc([C@H](Cc3ccccc3)NC(=O)/C=C/c3cc(Cl)ccc3-n3cnnn3)nnc2CSC)cc1. The van der Waals surface area contributed by atoms with Gasteiger partial charge in [-0.25, -0.2) is 4.79 Å². The number of hydrogen-bond acceptors (Lipinski definition) is 9. The Morgan fingerprint density at radius 2 is 1.84 bits per heavy atom. The van der Waals surface area contributed by atoms with E-state index in [0.717, 1.165) is 22.4 Å². The van der Waals surface area contributed by atoms with E-state index in [1.807, 2.05) is 54.8 Å². The number of halogens is 1. The molecule has 228 valence electrons. The molecular formula is C32H29ClN8O3S. The number of ether oxygens (including phenoxy) is 1. The lowest BCUT2D eigenvalue weighted by molar-refractivity contribution is -0.117. The van der Waals surface area contributed by atoms with Crippen molar-refractivity contribution >= 4 is 47.1 Å². The van der Waals surface area contributed by atoms with Gasteiger partial charge in [0.25, 0.3) is 0 Å². The molecule has 0 unspecified atom stereocenters. The lowest BCUT2D eigenvalue weighted by Crippen LogP contribution is -2.29. The fourth-order valence-corrected chi connectivity index (χ4v) is 5.27. The molecule has 11 nitrogen and oxygen atoms in total. The van der Waals surface area contributed by atoms with Crippen molar-refractivity contribution in [1.82, 2.24) is 35.7 Å². The predicted molar refractivity (Wildman–Crippen MR) is 175 cm³/mol. The van der Waals surface area contributed by atoms with Gasteiger partial charge in [-0.3, -0.25) is 10.1 Å². The quantitative estimate of drug-likeness (QED) is 0.168. The number of thioether (sulfide) groups is 1. The molecule has 0 fully saturated rings. The number of nitrogens with zero attached hydrogens (tertiary/aromatic N) is 6. The number of tetrazole rings is 1. The lowest BCUT2D eigenvalue weighted by Gasteiger charge is -2.19. The molecule has 2 heterocycles. The average Bonchev–Trinajstić information content (AvgIpc) is 3.60. The summed E-state index contributed by atoms with van der Waals surface area (Å²) in [5, 5.41) is 26.8. The van der Waals surface area contributed by atoms with E-state index in [1.165, 1.54) is 24.2 Å². The van der Waals surface area contributed by atoms with Crippen LogP contribution in [0.5, 0.6) is 0 Å². The summed E-state index contributed by atoms with van der Waals surface area (Å²) in [6.45, 7) is 0. The minimum atomic E-state index is -0.547. The van der Waals surface area contributed by atoms with Crippen molar-refractivity contribution in [2.24, 2.45) is 0 Å². The molecule has 1 atom stereocenters. The van der Waals surface area contributed by atoms with Crippen LogP contribution < -0.4 is 10.6 Å². The number of carbonyl (C=O) groups is 2. The van der Waals surface area contributed by atoms with Crippen LogP contribution in [0.4, 0.5) is 10.5 Å². The minimum absolute atomic E-state index is 0.326. The van der Waals surface area contributed by atoms with E-state index in [9.17, 15) is 9.59 Å². The number of anilines is 1. The molecule has 45 heavy (non-hydrogen) atoms. The molecule has 2 amide bonds. The summed E-state index contributed by atoms with van der Waals surface area (Å²) in [5.41, 5.74) is 6.15. The first-order valence-corrected chi connectivity index (χ1v) is 15.6. The number of nitrogens with one attached hydrogen (secondary N) is 2. The number of methoxy groups -OCH3 is 1. The van der Waals surface area contributed by atoms with Gasteiger partial charge in [-0.05, 0) is 76.7 Å². The second-order valence-electron chi connectivity index (χ2n) is 9.80. The van der Waals surface area contributed by atoms with Gasteiger partial charge >= 0.3 is 6.09 Å². The summed E-state index contributed by atoms with van der Waals surface area (Å²) in [4.78, 5) is 25.0. The van der Waals surface area contributed by atoms with Crippen LogP contribution in [0.1, 0.15) is 28.6 Å². The Kier molecular flexibility index (Phi) is 10.5. The van der Waals surface area contributed by atoms with Crippen LogP contribution in [-0.4, -0.2) is 55.8 Å². The second-order valence-corrected chi connectivity index (χ2v) is 11.1. The largest absolute Gasteiger partial charge is 0.453 e. The van der Waals surface area contributed by atoms with Crippen molar-refractivity contribution in [1.29, 1.82) is 0 Å². The Morgan fingerprint density at radius 3 is 2.56 bits per heavy atom. The van der Waals surface area contributed by atoms with Gasteiger partial charge in [0.05, 0.1) is 30.2 Å². The third kappa shape index (κ3) is 8.31. The van der Waals surface area contributed by atoms with Crippen LogP contribution in [0.2, 0.25) is 5.02 Å². The Labute approximate surface area is 269 Å². The Bertz CT molecular complexity index is 1780. The minimum Gasteiger partial charge on any atom is -0.453 e. The van der Waals surface area contributed by atoms with E-state index in [2.05, 4.69) is 41.1 Å². The Morgan fingerprint density at radius 1 is 1.04 bits per heavy atom. The molecule has 13 heteroatoms. The fraction of sp³-hybridized carbons (Fsp3) is 0.156. The first-order valence-electron chi connectivity index (χ1n) is 13.8. The molecule has 5 aromatic rings. The number of carbonyl (C=O) groups excluding carboxylic acids is 2. The van der Waals surface area contributed by atoms with E-state index in [0.29, 0.717) is 39.8 Å². The summed E-state index contributed by atoms with van der Waals surface area (Å²) in [6, 6.07) is 24.0. The van der Waals surface area contributed by atoms with Crippen LogP contribution in [0, 0.1) is 0 Å². The van der Waals surface area contributed by atoms with Crippen molar-refractivity contribution in [3.63, 3.8) is 0 Å². The predicted octanol–water partition coefficient (Wildman–Crippen LogP) is 5.93. The van der Waals surface area contributed by atoms with E-state index in [4.69, 9.17) is 11.6 Å². The smallest absolute Gasteiger partial charge is 0.411 e. The Balaban J connectivity index is 1.45. The van der Waals surface area contributed by atoms with Crippen molar-refractivity contribution in [3.8, 4) is 16.8 Å². The van der Waals surface area contributed by atoms with Crippen LogP contribution in [0.15, 0.2) is 91.3 Å². The third-order valence-electron chi connectivity index (χ3n) is 6.75. The first kappa shape index (κ1) is 31.4. The molecule has 0 saturated carbocycles. The van der Waals surface area contributed by atoms with E-state index in [1.54, 1.807) is 48.2 Å². The molecule has 0 bridgehead atoms. The van der Waals surface area contributed by atoms with E-state index in [-0.39, 0.29) is 5.91 Å². The summed E-state index contributed by atoms with van der Waals surface area (Å²) in [6.07, 6.45) is 6.52. The molecule has 0 saturated heterocycles. The van der Waals surface area contributed by atoms with Crippen molar-refractivity contribution in [3.05, 3.63) is 119 Å². The van der Waals surface area contributed by atoms with Gasteiger partial charge in [0.1, 0.15) is 6.33 Å². The summed E-state index contributed by atoms with van der Waals surface area (Å²) >= 11 is 7.88. The van der Waals surface area contributed by atoms with Crippen molar-refractivity contribution < 1.29 is 14.3 Å². The summed E-state index contributed by atoms with van der Waals surface area (Å²) < 4.78 is 6.19. The zero-order valence-corrected chi connectivity index (χ0v) is 26.0. The van der Waals surface area contributed by atoms with Crippen LogP contribution in [-0.2, 0) is 21.7 Å². The maximum Gasteiger partial charge on any atom is 0.411 e. The molecule has 0 spiro atoms. The fourth-order valence-electron chi connectivity index (χ4n) is 4.60. The topological polar surface area (TPSA) is 137 Å². The number of rotatable bonds is 11. The molecule has 0 aliphatic carbocycles. The zero-order valence-electron chi connectivity index (χ0n) is 24.4. The number of aromatic nitrogens is 6. The lowest BCUT2D eigenvalue weighted by atomic mass is 9.98. The Hall–Kier alpha value is -5.07. The van der Waals surface area contributed by atoms with Gasteiger partial charge < -0.3 is 10.1 Å². The highest BCUT2D eigenvalue weighted by Gasteiger charge is 2.20. The number of amides is 2. The van der Waals surface area contributed by atoms with Gasteiger partial charge in [0, 0.05) is 33.7 Å². The molecule has 0 aliphatic rings.